The van der Waals surface area contributed by atoms with E-state index in [1.165, 1.54) is 29.3 Å². The van der Waals surface area contributed by atoms with Gasteiger partial charge in [0.15, 0.2) is 5.71 Å². The monoisotopic (exact) mass is 486 g/mol. The van der Waals surface area contributed by atoms with Crippen LogP contribution in [-0.2, 0) is 19.1 Å². The Morgan fingerprint density at radius 1 is 1.16 bits per heavy atom. The Balaban J connectivity index is 1.82. The number of amides is 2. The summed E-state index contributed by atoms with van der Waals surface area (Å²) in [6.07, 6.45) is 0. The molecule has 31 heavy (non-hydrogen) atoms. The minimum absolute atomic E-state index is 0.0591. The summed E-state index contributed by atoms with van der Waals surface area (Å²) in [5.41, 5.74) is -0.290. The highest BCUT2D eigenvalue weighted by Crippen LogP contribution is 2.40. The lowest BCUT2D eigenvalue weighted by molar-refractivity contribution is -0.384. The molecular weight excluding hydrogens is 472 g/mol. The van der Waals surface area contributed by atoms with Crippen molar-refractivity contribution in [3.63, 3.8) is 0 Å². The zero-order valence-corrected chi connectivity index (χ0v) is 17.7. The fourth-order valence-electron chi connectivity index (χ4n) is 3.64. The Kier molecular flexibility index (Phi) is 5.27. The van der Waals surface area contributed by atoms with Gasteiger partial charge in [-0.2, -0.15) is 5.10 Å². The summed E-state index contributed by atoms with van der Waals surface area (Å²) in [4.78, 5) is 50.7. The van der Waals surface area contributed by atoms with E-state index in [4.69, 9.17) is 4.74 Å². The second-order valence-electron chi connectivity index (χ2n) is 6.71. The minimum Gasteiger partial charge on any atom is -0.461 e. The van der Waals surface area contributed by atoms with Crippen molar-refractivity contribution >= 4 is 56.5 Å². The van der Waals surface area contributed by atoms with Crippen molar-refractivity contribution in [3.8, 4) is 0 Å². The standard InChI is InChI=1S/C20H15BrN4O6/c1-2-31-20(28)16-15-17(24(22-16)12-9-7-11(21)8-10-12)19(27)23(18(15)26)13-5-3-4-6-14(13)25(29)30/h3-10,15,17H,2H2,1H3/t15-,17+/m1/s1. The number of nitro benzene ring substituents is 1. The number of nitro groups is 1. The highest BCUT2D eigenvalue weighted by atomic mass is 79.9. The van der Waals surface area contributed by atoms with Crippen LogP contribution in [0.4, 0.5) is 17.1 Å². The van der Waals surface area contributed by atoms with Crippen LogP contribution in [-0.4, -0.2) is 41.1 Å². The SMILES string of the molecule is CCOC(=O)C1=NN(c2ccc(Br)cc2)[C@@H]2C(=O)N(c3ccccc3[N+](=O)[O-])C(=O)[C@H]12. The van der Waals surface area contributed by atoms with Gasteiger partial charge >= 0.3 is 5.97 Å². The lowest BCUT2D eigenvalue weighted by Crippen LogP contribution is -2.39. The molecule has 4 rings (SSSR count). The van der Waals surface area contributed by atoms with Gasteiger partial charge in [0, 0.05) is 10.5 Å². The first-order chi connectivity index (χ1) is 14.8. The maximum atomic E-state index is 13.4. The molecule has 1 saturated heterocycles. The second-order valence-corrected chi connectivity index (χ2v) is 7.62. The molecule has 1 fully saturated rings. The second kappa shape index (κ2) is 7.91. The topological polar surface area (TPSA) is 122 Å². The number of benzene rings is 2. The third kappa shape index (κ3) is 3.36. The van der Waals surface area contributed by atoms with Crippen LogP contribution >= 0.6 is 15.9 Å². The number of hydrazone groups is 1. The maximum absolute atomic E-state index is 13.4. The summed E-state index contributed by atoms with van der Waals surface area (Å²) >= 11 is 3.33. The number of ether oxygens (including phenoxy) is 1. The molecule has 0 aromatic heterocycles. The van der Waals surface area contributed by atoms with Gasteiger partial charge in [-0.05, 0) is 37.3 Å². The number of anilines is 2. The molecule has 0 radical (unpaired) electrons. The van der Waals surface area contributed by atoms with Crippen molar-refractivity contribution in [3.05, 3.63) is 63.1 Å². The number of hydrogen-bond acceptors (Lipinski definition) is 8. The Labute approximate surface area is 184 Å². The third-order valence-electron chi connectivity index (χ3n) is 4.94. The van der Waals surface area contributed by atoms with E-state index in [2.05, 4.69) is 21.0 Å². The molecule has 0 unspecified atom stereocenters. The summed E-state index contributed by atoms with van der Waals surface area (Å²) in [7, 11) is 0. The van der Waals surface area contributed by atoms with Gasteiger partial charge in [0.05, 0.1) is 17.2 Å². The summed E-state index contributed by atoms with van der Waals surface area (Å²) < 4.78 is 5.82. The quantitative estimate of drug-likeness (QED) is 0.275. The molecule has 10 nitrogen and oxygen atoms in total. The molecule has 158 valence electrons. The predicted molar refractivity (Wildman–Crippen MR) is 114 cm³/mol. The molecule has 2 aliphatic rings. The van der Waals surface area contributed by atoms with Crippen molar-refractivity contribution in [1.82, 2.24) is 0 Å². The molecule has 0 spiro atoms. The number of halogens is 1. The average molecular weight is 487 g/mol. The summed E-state index contributed by atoms with van der Waals surface area (Å²) in [6.45, 7) is 1.67. The lowest BCUT2D eigenvalue weighted by atomic mass is 9.98. The van der Waals surface area contributed by atoms with Crippen LogP contribution in [0.2, 0.25) is 0 Å². The van der Waals surface area contributed by atoms with Gasteiger partial charge < -0.3 is 4.74 Å². The molecule has 2 aromatic carbocycles. The Bertz CT molecular complexity index is 1130. The number of carbonyl (C=O) groups excluding carboxylic acids is 3. The van der Waals surface area contributed by atoms with E-state index < -0.39 is 40.4 Å². The van der Waals surface area contributed by atoms with Gasteiger partial charge in [0.2, 0.25) is 5.91 Å². The van der Waals surface area contributed by atoms with E-state index in [9.17, 15) is 24.5 Å². The molecule has 2 aliphatic heterocycles. The number of esters is 1. The van der Waals surface area contributed by atoms with Gasteiger partial charge in [-0.1, -0.05) is 28.1 Å². The van der Waals surface area contributed by atoms with Gasteiger partial charge in [0.25, 0.3) is 11.6 Å². The molecule has 0 saturated carbocycles. The van der Waals surface area contributed by atoms with Crippen LogP contribution in [0.15, 0.2) is 58.1 Å². The molecule has 11 heteroatoms. The molecule has 0 N–H and O–H groups in total. The van der Waals surface area contributed by atoms with Crippen LogP contribution in [0.1, 0.15) is 6.92 Å². The van der Waals surface area contributed by atoms with Crippen LogP contribution in [0.25, 0.3) is 0 Å². The normalized spacial score (nSPS) is 20.0. The number of fused-ring (bicyclic) bond motifs is 1. The first-order valence-corrected chi connectivity index (χ1v) is 10.1. The predicted octanol–water partition coefficient (Wildman–Crippen LogP) is 2.65. The number of carbonyl (C=O) groups is 3. The number of nitrogens with zero attached hydrogens (tertiary/aromatic N) is 4. The minimum atomic E-state index is -1.24. The summed E-state index contributed by atoms with van der Waals surface area (Å²) in [5.74, 6) is -3.54. The van der Waals surface area contributed by atoms with E-state index in [0.717, 1.165) is 9.37 Å². The molecule has 2 heterocycles. The summed E-state index contributed by atoms with van der Waals surface area (Å²) in [6, 6.07) is 11.1. The Hall–Kier alpha value is -3.60. The molecule has 2 amide bonds. The van der Waals surface area contributed by atoms with E-state index in [0.29, 0.717) is 5.69 Å². The molecular formula is C20H15BrN4O6. The maximum Gasteiger partial charge on any atom is 0.355 e. The number of rotatable bonds is 5. The Morgan fingerprint density at radius 2 is 1.84 bits per heavy atom. The molecule has 0 bridgehead atoms. The third-order valence-corrected chi connectivity index (χ3v) is 5.47. The molecule has 2 atom stereocenters. The highest BCUT2D eigenvalue weighted by Gasteiger charge is 2.59. The van der Waals surface area contributed by atoms with Crippen molar-refractivity contribution < 1.29 is 24.0 Å². The fourth-order valence-corrected chi connectivity index (χ4v) is 3.90. The Morgan fingerprint density at radius 3 is 2.48 bits per heavy atom. The zero-order chi connectivity index (χ0) is 22.3. The van der Waals surface area contributed by atoms with Crippen molar-refractivity contribution in [2.24, 2.45) is 11.0 Å². The summed E-state index contributed by atoms with van der Waals surface area (Å²) in [5, 5.41) is 17.0. The largest absolute Gasteiger partial charge is 0.461 e. The van der Waals surface area contributed by atoms with Crippen molar-refractivity contribution in [1.29, 1.82) is 0 Å². The van der Waals surface area contributed by atoms with Gasteiger partial charge in [0.1, 0.15) is 17.6 Å². The average Bonchev–Trinajstić information content (AvgIpc) is 3.26. The van der Waals surface area contributed by atoms with E-state index in [-0.39, 0.29) is 18.0 Å². The van der Waals surface area contributed by atoms with E-state index >= 15 is 0 Å². The highest BCUT2D eigenvalue weighted by molar-refractivity contribution is 9.10. The number of para-hydroxylation sites is 2. The van der Waals surface area contributed by atoms with Crippen LogP contribution in [0.3, 0.4) is 0 Å². The van der Waals surface area contributed by atoms with Gasteiger partial charge in [-0.3, -0.25) is 24.7 Å². The van der Waals surface area contributed by atoms with Crippen molar-refractivity contribution in [2.45, 2.75) is 13.0 Å². The zero-order valence-electron chi connectivity index (χ0n) is 16.1. The molecule has 0 aliphatic carbocycles. The van der Waals surface area contributed by atoms with E-state index in [1.807, 2.05) is 0 Å². The van der Waals surface area contributed by atoms with Gasteiger partial charge in [-0.25, -0.2) is 9.69 Å². The van der Waals surface area contributed by atoms with Crippen LogP contribution in [0.5, 0.6) is 0 Å². The van der Waals surface area contributed by atoms with Crippen molar-refractivity contribution in [2.75, 3.05) is 16.5 Å². The first kappa shape index (κ1) is 20.7. The fraction of sp³-hybridized carbons (Fsp3) is 0.200. The lowest BCUT2D eigenvalue weighted by Gasteiger charge is -2.22. The first-order valence-electron chi connectivity index (χ1n) is 9.26. The smallest absolute Gasteiger partial charge is 0.355 e. The number of hydrogen-bond donors (Lipinski definition) is 0. The van der Waals surface area contributed by atoms with Gasteiger partial charge in [-0.15, -0.1) is 0 Å². The molecule has 2 aromatic rings. The van der Waals surface area contributed by atoms with E-state index in [1.54, 1.807) is 31.2 Å². The number of imide groups is 1. The van der Waals surface area contributed by atoms with Crippen LogP contribution < -0.4 is 9.91 Å². The van der Waals surface area contributed by atoms with Crippen LogP contribution in [0, 0.1) is 16.0 Å².